The van der Waals surface area contributed by atoms with Crippen LogP contribution >= 0.6 is 0 Å². The van der Waals surface area contributed by atoms with E-state index in [0.717, 1.165) is 37.5 Å². The summed E-state index contributed by atoms with van der Waals surface area (Å²) in [5, 5.41) is 3.48. The molecule has 4 heteroatoms. The first kappa shape index (κ1) is 11.7. The molecule has 0 radical (unpaired) electrons. The van der Waals surface area contributed by atoms with Gasteiger partial charge in [-0.25, -0.2) is 4.98 Å². The van der Waals surface area contributed by atoms with Gasteiger partial charge in [-0.1, -0.05) is 12.1 Å². The Bertz CT molecular complexity index is 555. The number of aryl methyl sites for hydroxylation is 2. The van der Waals surface area contributed by atoms with Gasteiger partial charge in [0, 0.05) is 26.1 Å². The Hall–Kier alpha value is -1.39. The number of hydrogen-bond acceptors (Lipinski definition) is 3. The monoisotopic (exact) mass is 245 g/mol. The Balaban J connectivity index is 1.92. The SMILES string of the molecule is Cc1cccc2nc(CC3COCCN3)n(C)c12. The third-order valence-electron chi connectivity index (χ3n) is 3.62. The quantitative estimate of drug-likeness (QED) is 0.869. The van der Waals surface area contributed by atoms with Gasteiger partial charge in [0.05, 0.1) is 24.2 Å². The summed E-state index contributed by atoms with van der Waals surface area (Å²) in [5.41, 5.74) is 3.61. The number of hydrogen-bond donors (Lipinski definition) is 1. The van der Waals surface area contributed by atoms with E-state index < -0.39 is 0 Å². The van der Waals surface area contributed by atoms with Crippen molar-refractivity contribution in [1.82, 2.24) is 14.9 Å². The van der Waals surface area contributed by atoms with Gasteiger partial charge in [-0.2, -0.15) is 0 Å². The normalized spacial score (nSPS) is 20.4. The van der Waals surface area contributed by atoms with E-state index >= 15 is 0 Å². The van der Waals surface area contributed by atoms with E-state index in [2.05, 4.69) is 42.1 Å². The minimum atomic E-state index is 0.384. The fourth-order valence-corrected chi connectivity index (χ4v) is 2.67. The highest BCUT2D eigenvalue weighted by molar-refractivity contribution is 5.79. The zero-order valence-electron chi connectivity index (χ0n) is 10.9. The molecular weight excluding hydrogens is 226 g/mol. The van der Waals surface area contributed by atoms with Crippen LogP contribution < -0.4 is 5.32 Å². The molecule has 2 heterocycles. The number of fused-ring (bicyclic) bond motifs is 1. The minimum Gasteiger partial charge on any atom is -0.379 e. The largest absolute Gasteiger partial charge is 0.379 e. The average molecular weight is 245 g/mol. The van der Waals surface area contributed by atoms with E-state index in [4.69, 9.17) is 9.72 Å². The molecule has 2 aromatic rings. The molecule has 1 aliphatic heterocycles. The highest BCUT2D eigenvalue weighted by Crippen LogP contribution is 2.19. The lowest BCUT2D eigenvalue weighted by Gasteiger charge is -2.23. The highest BCUT2D eigenvalue weighted by atomic mass is 16.5. The fourth-order valence-electron chi connectivity index (χ4n) is 2.67. The lowest BCUT2D eigenvalue weighted by Crippen LogP contribution is -2.42. The molecule has 1 aliphatic rings. The Labute approximate surface area is 107 Å². The maximum atomic E-state index is 5.49. The summed E-state index contributed by atoms with van der Waals surface area (Å²) in [4.78, 5) is 4.73. The van der Waals surface area contributed by atoms with Gasteiger partial charge in [-0.05, 0) is 18.6 Å². The maximum absolute atomic E-state index is 5.49. The zero-order chi connectivity index (χ0) is 12.5. The molecule has 0 spiro atoms. The Morgan fingerprint density at radius 1 is 1.50 bits per heavy atom. The lowest BCUT2D eigenvalue weighted by molar-refractivity contribution is 0.0762. The smallest absolute Gasteiger partial charge is 0.111 e. The van der Waals surface area contributed by atoms with Gasteiger partial charge in [0.2, 0.25) is 0 Å². The van der Waals surface area contributed by atoms with Crippen molar-refractivity contribution in [1.29, 1.82) is 0 Å². The van der Waals surface area contributed by atoms with E-state index in [0.29, 0.717) is 6.04 Å². The zero-order valence-corrected chi connectivity index (χ0v) is 10.9. The van der Waals surface area contributed by atoms with E-state index in [9.17, 15) is 0 Å². The molecule has 18 heavy (non-hydrogen) atoms. The van der Waals surface area contributed by atoms with Crippen LogP contribution in [0.2, 0.25) is 0 Å². The van der Waals surface area contributed by atoms with Gasteiger partial charge in [-0.15, -0.1) is 0 Å². The topological polar surface area (TPSA) is 39.1 Å². The van der Waals surface area contributed by atoms with Gasteiger partial charge in [0.25, 0.3) is 0 Å². The summed E-state index contributed by atoms with van der Waals surface area (Å²) in [6, 6.07) is 6.66. The van der Waals surface area contributed by atoms with Crippen molar-refractivity contribution in [3.63, 3.8) is 0 Å². The molecule has 1 aromatic heterocycles. The second-order valence-corrected chi connectivity index (χ2v) is 4.96. The van der Waals surface area contributed by atoms with Gasteiger partial charge in [-0.3, -0.25) is 0 Å². The van der Waals surface area contributed by atoms with Crippen molar-refractivity contribution in [2.24, 2.45) is 7.05 Å². The van der Waals surface area contributed by atoms with Crippen molar-refractivity contribution in [2.75, 3.05) is 19.8 Å². The van der Waals surface area contributed by atoms with Gasteiger partial charge < -0.3 is 14.6 Å². The number of nitrogens with zero attached hydrogens (tertiary/aromatic N) is 2. The second kappa shape index (κ2) is 4.71. The van der Waals surface area contributed by atoms with Crippen molar-refractivity contribution in [2.45, 2.75) is 19.4 Å². The first-order valence-corrected chi connectivity index (χ1v) is 6.48. The molecule has 0 saturated carbocycles. The van der Waals surface area contributed by atoms with E-state index in [-0.39, 0.29) is 0 Å². The number of ether oxygens (including phenoxy) is 1. The van der Waals surface area contributed by atoms with Crippen LogP contribution in [0.3, 0.4) is 0 Å². The Morgan fingerprint density at radius 3 is 3.11 bits per heavy atom. The van der Waals surface area contributed by atoms with E-state index in [1.807, 2.05) is 0 Å². The van der Waals surface area contributed by atoms with Crippen molar-refractivity contribution >= 4 is 11.0 Å². The molecule has 96 valence electrons. The third kappa shape index (κ3) is 2.02. The first-order chi connectivity index (χ1) is 8.75. The number of rotatable bonds is 2. The molecule has 0 aliphatic carbocycles. The molecule has 1 N–H and O–H groups in total. The first-order valence-electron chi connectivity index (χ1n) is 6.48. The summed E-state index contributed by atoms with van der Waals surface area (Å²) >= 11 is 0. The van der Waals surface area contributed by atoms with Gasteiger partial charge in [0.15, 0.2) is 0 Å². The van der Waals surface area contributed by atoms with Crippen LogP contribution in [0.25, 0.3) is 11.0 Å². The second-order valence-electron chi connectivity index (χ2n) is 4.96. The van der Waals surface area contributed by atoms with Crippen LogP contribution in [0.5, 0.6) is 0 Å². The molecule has 0 bridgehead atoms. The molecular formula is C14H19N3O. The molecule has 1 saturated heterocycles. The molecule has 3 rings (SSSR count). The molecule has 1 unspecified atom stereocenters. The predicted octanol–water partition coefficient (Wildman–Crippen LogP) is 1.41. The number of morpholine rings is 1. The minimum absolute atomic E-state index is 0.384. The van der Waals surface area contributed by atoms with Crippen LogP contribution in [0.4, 0.5) is 0 Å². The molecule has 0 amide bonds. The molecule has 1 aromatic carbocycles. The summed E-state index contributed by atoms with van der Waals surface area (Å²) < 4.78 is 7.70. The summed E-state index contributed by atoms with van der Waals surface area (Å²) in [6.07, 6.45) is 0.921. The predicted molar refractivity (Wildman–Crippen MR) is 71.8 cm³/mol. The Kier molecular flexibility index (Phi) is 3.06. The number of para-hydroxylation sites is 1. The van der Waals surface area contributed by atoms with E-state index in [1.54, 1.807) is 0 Å². The number of benzene rings is 1. The number of imidazole rings is 1. The van der Waals surface area contributed by atoms with Crippen molar-refractivity contribution < 1.29 is 4.74 Å². The van der Waals surface area contributed by atoms with Crippen molar-refractivity contribution in [3.8, 4) is 0 Å². The number of nitrogens with one attached hydrogen (secondary N) is 1. The van der Waals surface area contributed by atoms with Crippen LogP contribution in [0.15, 0.2) is 18.2 Å². The van der Waals surface area contributed by atoms with Crippen LogP contribution in [0, 0.1) is 6.92 Å². The standard InChI is InChI=1S/C14H19N3O/c1-10-4-3-5-12-14(10)17(2)13(16-12)8-11-9-18-7-6-15-11/h3-5,11,15H,6-9H2,1-2H3. The van der Waals surface area contributed by atoms with Crippen LogP contribution in [-0.4, -0.2) is 35.4 Å². The summed E-state index contributed by atoms with van der Waals surface area (Å²) in [5.74, 6) is 1.13. The molecule has 4 nitrogen and oxygen atoms in total. The number of aromatic nitrogens is 2. The van der Waals surface area contributed by atoms with E-state index in [1.165, 1.54) is 11.1 Å². The van der Waals surface area contributed by atoms with Crippen molar-refractivity contribution in [3.05, 3.63) is 29.6 Å². The third-order valence-corrected chi connectivity index (χ3v) is 3.62. The van der Waals surface area contributed by atoms with Gasteiger partial charge in [0.1, 0.15) is 5.82 Å². The van der Waals surface area contributed by atoms with Crippen LogP contribution in [0.1, 0.15) is 11.4 Å². The summed E-state index contributed by atoms with van der Waals surface area (Å²) in [7, 11) is 2.10. The van der Waals surface area contributed by atoms with Crippen LogP contribution in [-0.2, 0) is 18.2 Å². The average Bonchev–Trinajstić information content (AvgIpc) is 2.69. The fraction of sp³-hybridized carbons (Fsp3) is 0.500. The molecule has 1 fully saturated rings. The van der Waals surface area contributed by atoms with Gasteiger partial charge >= 0.3 is 0 Å². The summed E-state index contributed by atoms with van der Waals surface area (Å²) in [6.45, 7) is 4.67. The Morgan fingerprint density at radius 2 is 2.39 bits per heavy atom. The maximum Gasteiger partial charge on any atom is 0.111 e. The highest BCUT2D eigenvalue weighted by Gasteiger charge is 2.17. The lowest BCUT2D eigenvalue weighted by atomic mass is 10.2. The molecule has 1 atom stereocenters.